The zero-order valence-corrected chi connectivity index (χ0v) is 9.31. The van der Waals surface area contributed by atoms with Crippen LogP contribution < -0.4 is 0 Å². The second-order valence-corrected chi connectivity index (χ2v) is 4.54. The summed E-state index contributed by atoms with van der Waals surface area (Å²) in [6.07, 6.45) is 1.08. The first-order chi connectivity index (χ1) is 6.09. The van der Waals surface area contributed by atoms with Crippen LogP contribution in [-0.2, 0) is 6.42 Å². The maximum atomic E-state index is 6.02. The van der Waals surface area contributed by atoms with Crippen LogP contribution in [0.1, 0.15) is 25.0 Å². The number of hydrogen-bond acceptors (Lipinski definition) is 0. The summed E-state index contributed by atoms with van der Waals surface area (Å²) in [5.41, 5.74) is 2.71. The smallest absolute Gasteiger partial charge is 0.0336 e. The highest BCUT2D eigenvalue weighted by molar-refractivity contribution is 6.20. The summed E-state index contributed by atoms with van der Waals surface area (Å²) in [7, 11) is 0. The maximum absolute atomic E-state index is 6.02. The Morgan fingerprint density at radius 1 is 1.31 bits per heavy atom. The van der Waals surface area contributed by atoms with Gasteiger partial charge in [-0.25, -0.2) is 0 Å². The Morgan fingerprint density at radius 3 is 2.54 bits per heavy atom. The Kier molecular flexibility index (Phi) is 3.80. The summed E-state index contributed by atoms with van der Waals surface area (Å²) < 4.78 is 0. The number of alkyl halides is 1. The average Bonchev–Trinajstić information content (AvgIpc) is 2.04. The largest absolute Gasteiger partial charge is 0.123 e. The van der Waals surface area contributed by atoms with Crippen LogP contribution in [0, 0.1) is 12.8 Å². The molecule has 1 aromatic carbocycles. The van der Waals surface area contributed by atoms with Gasteiger partial charge in [-0.05, 0) is 31.7 Å². The van der Waals surface area contributed by atoms with Gasteiger partial charge < -0.3 is 0 Å². The van der Waals surface area contributed by atoms with Crippen LogP contribution in [0.15, 0.2) is 24.3 Å². The van der Waals surface area contributed by atoms with Gasteiger partial charge in [0.1, 0.15) is 0 Å². The minimum Gasteiger partial charge on any atom is -0.123 e. The van der Waals surface area contributed by atoms with Gasteiger partial charge in [0.05, 0.1) is 0 Å². The fourth-order valence-electron chi connectivity index (χ4n) is 1.37. The summed E-state index contributed by atoms with van der Waals surface area (Å²) in [5.74, 6) is 0.545. The Bertz CT molecular complexity index is 266. The van der Waals surface area contributed by atoms with E-state index in [-0.39, 0.29) is 5.38 Å². The molecule has 0 aliphatic heterocycles. The molecule has 0 amide bonds. The third-order valence-corrected chi connectivity index (χ3v) is 2.85. The van der Waals surface area contributed by atoms with Crippen molar-refractivity contribution in [1.82, 2.24) is 0 Å². The van der Waals surface area contributed by atoms with E-state index in [1.54, 1.807) is 0 Å². The molecule has 13 heavy (non-hydrogen) atoms. The normalized spacial score (nSPS) is 15.4. The van der Waals surface area contributed by atoms with Crippen molar-refractivity contribution in [2.75, 3.05) is 0 Å². The molecule has 72 valence electrons. The highest BCUT2D eigenvalue weighted by atomic mass is 35.5. The van der Waals surface area contributed by atoms with E-state index in [1.807, 2.05) is 0 Å². The van der Waals surface area contributed by atoms with E-state index < -0.39 is 0 Å². The van der Waals surface area contributed by atoms with Crippen LogP contribution in [0.25, 0.3) is 0 Å². The van der Waals surface area contributed by atoms with Gasteiger partial charge in [0.2, 0.25) is 0 Å². The Balaban J connectivity index is 2.64. The quantitative estimate of drug-likeness (QED) is 0.646. The van der Waals surface area contributed by atoms with Gasteiger partial charge in [-0.1, -0.05) is 36.8 Å². The first-order valence-corrected chi connectivity index (χ1v) is 5.23. The van der Waals surface area contributed by atoms with Crippen molar-refractivity contribution in [2.24, 2.45) is 5.92 Å². The summed E-state index contributed by atoms with van der Waals surface area (Å²) in [5, 5.41) is 0.250. The van der Waals surface area contributed by atoms with Crippen LogP contribution in [0.4, 0.5) is 0 Å². The third kappa shape index (κ3) is 3.40. The predicted octanol–water partition coefficient (Wildman–Crippen LogP) is 3.80. The van der Waals surface area contributed by atoms with Crippen molar-refractivity contribution in [3.63, 3.8) is 0 Å². The highest BCUT2D eigenvalue weighted by Crippen LogP contribution is 2.16. The van der Waals surface area contributed by atoms with E-state index in [0.717, 1.165) is 6.42 Å². The molecular weight excluding hydrogens is 180 g/mol. The molecule has 0 heterocycles. The fraction of sp³-hybridized carbons (Fsp3) is 0.500. The molecule has 2 atom stereocenters. The Labute approximate surface area is 85.9 Å². The van der Waals surface area contributed by atoms with Crippen LogP contribution >= 0.6 is 11.6 Å². The van der Waals surface area contributed by atoms with E-state index in [1.165, 1.54) is 11.1 Å². The molecule has 0 aliphatic carbocycles. The van der Waals surface area contributed by atoms with E-state index in [0.29, 0.717) is 5.92 Å². The van der Waals surface area contributed by atoms with Crippen molar-refractivity contribution >= 4 is 11.6 Å². The van der Waals surface area contributed by atoms with Crippen molar-refractivity contribution in [1.29, 1.82) is 0 Å². The van der Waals surface area contributed by atoms with Gasteiger partial charge in [0, 0.05) is 5.38 Å². The number of halogens is 1. The lowest BCUT2D eigenvalue weighted by Gasteiger charge is -2.13. The van der Waals surface area contributed by atoms with Crippen molar-refractivity contribution in [3.8, 4) is 0 Å². The molecule has 0 radical (unpaired) electrons. The molecule has 0 N–H and O–H groups in total. The lowest BCUT2D eigenvalue weighted by molar-refractivity contribution is 0.568. The maximum Gasteiger partial charge on any atom is 0.0336 e. The Morgan fingerprint density at radius 2 is 2.00 bits per heavy atom. The zero-order chi connectivity index (χ0) is 9.84. The van der Waals surface area contributed by atoms with E-state index in [2.05, 4.69) is 45.0 Å². The van der Waals surface area contributed by atoms with Crippen molar-refractivity contribution in [3.05, 3.63) is 35.4 Å². The van der Waals surface area contributed by atoms with Crippen molar-refractivity contribution in [2.45, 2.75) is 32.6 Å². The van der Waals surface area contributed by atoms with Crippen molar-refractivity contribution < 1.29 is 0 Å². The number of hydrogen-bond donors (Lipinski definition) is 0. The second kappa shape index (κ2) is 4.66. The summed E-state index contributed by atoms with van der Waals surface area (Å²) in [6, 6.07) is 8.63. The fourth-order valence-corrected chi connectivity index (χ4v) is 1.46. The lowest BCUT2D eigenvalue weighted by atomic mass is 9.97. The SMILES string of the molecule is Cc1cccc(CC(C)C(C)Cl)c1. The first kappa shape index (κ1) is 10.6. The van der Waals surface area contributed by atoms with Crippen LogP contribution in [0.2, 0.25) is 0 Å². The molecule has 0 bridgehead atoms. The molecule has 1 heteroatoms. The molecule has 0 spiro atoms. The zero-order valence-electron chi connectivity index (χ0n) is 8.55. The van der Waals surface area contributed by atoms with Crippen LogP contribution in [0.3, 0.4) is 0 Å². The third-order valence-electron chi connectivity index (χ3n) is 2.42. The molecule has 0 saturated heterocycles. The molecule has 0 aliphatic rings. The van der Waals surface area contributed by atoms with E-state index >= 15 is 0 Å². The molecule has 0 aromatic heterocycles. The minimum absolute atomic E-state index is 0.250. The molecule has 0 saturated carbocycles. The Hall–Kier alpha value is -0.490. The average molecular weight is 197 g/mol. The predicted molar refractivity (Wildman–Crippen MR) is 59.4 cm³/mol. The number of rotatable bonds is 3. The minimum atomic E-state index is 0.250. The topological polar surface area (TPSA) is 0 Å². The standard InChI is InChI=1S/C12H17Cl/c1-9-5-4-6-12(7-9)8-10(2)11(3)13/h4-7,10-11H,8H2,1-3H3. The number of aryl methyl sites for hydroxylation is 1. The van der Waals surface area contributed by atoms with Crippen LogP contribution in [-0.4, -0.2) is 5.38 Å². The molecule has 1 rings (SSSR count). The van der Waals surface area contributed by atoms with E-state index in [4.69, 9.17) is 11.6 Å². The van der Waals surface area contributed by atoms with Gasteiger partial charge in [-0.3, -0.25) is 0 Å². The van der Waals surface area contributed by atoms with Gasteiger partial charge in [-0.15, -0.1) is 11.6 Å². The van der Waals surface area contributed by atoms with Gasteiger partial charge in [0.15, 0.2) is 0 Å². The second-order valence-electron chi connectivity index (χ2n) is 3.85. The van der Waals surface area contributed by atoms with Gasteiger partial charge in [0.25, 0.3) is 0 Å². The van der Waals surface area contributed by atoms with E-state index in [9.17, 15) is 0 Å². The summed E-state index contributed by atoms with van der Waals surface area (Å²) >= 11 is 6.02. The van der Waals surface area contributed by atoms with Gasteiger partial charge >= 0.3 is 0 Å². The molecular formula is C12H17Cl. The summed E-state index contributed by atoms with van der Waals surface area (Å²) in [4.78, 5) is 0. The molecule has 1 aromatic rings. The molecule has 0 fully saturated rings. The highest BCUT2D eigenvalue weighted by Gasteiger charge is 2.09. The molecule has 0 nitrogen and oxygen atoms in total. The lowest BCUT2D eigenvalue weighted by Crippen LogP contribution is -2.10. The first-order valence-electron chi connectivity index (χ1n) is 4.79. The van der Waals surface area contributed by atoms with Crippen LogP contribution in [0.5, 0.6) is 0 Å². The van der Waals surface area contributed by atoms with Gasteiger partial charge in [-0.2, -0.15) is 0 Å². The molecule has 2 unspecified atom stereocenters. The monoisotopic (exact) mass is 196 g/mol. The number of benzene rings is 1. The summed E-state index contributed by atoms with van der Waals surface area (Å²) in [6.45, 7) is 6.38.